The van der Waals surface area contributed by atoms with Gasteiger partial charge in [-0.3, -0.25) is 4.79 Å². The third-order valence-corrected chi connectivity index (χ3v) is 2.12. The molecule has 13 heavy (non-hydrogen) atoms. The van der Waals surface area contributed by atoms with Crippen LogP contribution < -0.4 is 0 Å². The summed E-state index contributed by atoms with van der Waals surface area (Å²) in [6.07, 6.45) is 9.34. The summed E-state index contributed by atoms with van der Waals surface area (Å²) < 4.78 is 0. The van der Waals surface area contributed by atoms with Crippen molar-refractivity contribution in [3.8, 4) is 0 Å². The van der Waals surface area contributed by atoms with Crippen LogP contribution in [-0.4, -0.2) is 5.78 Å². The van der Waals surface area contributed by atoms with Gasteiger partial charge in [-0.1, -0.05) is 38.2 Å². The number of hydrogen-bond acceptors (Lipinski definition) is 1. The fraction of sp³-hybridized carbons (Fsp3) is 0.750. The first-order valence-corrected chi connectivity index (χ1v) is 5.34. The van der Waals surface area contributed by atoms with Crippen LogP contribution in [0.2, 0.25) is 0 Å². The lowest BCUT2D eigenvalue weighted by Crippen LogP contribution is -1.86. The van der Waals surface area contributed by atoms with Crippen molar-refractivity contribution >= 4 is 5.78 Å². The summed E-state index contributed by atoms with van der Waals surface area (Å²) in [6.45, 7) is 5.88. The molecule has 0 heterocycles. The summed E-state index contributed by atoms with van der Waals surface area (Å²) in [5.74, 6) is 0.172. The first-order chi connectivity index (χ1) is 6.16. The monoisotopic (exact) mass is 182 g/mol. The quantitative estimate of drug-likeness (QED) is 0.431. The van der Waals surface area contributed by atoms with E-state index in [1.54, 1.807) is 13.0 Å². The van der Waals surface area contributed by atoms with Crippen molar-refractivity contribution in [2.24, 2.45) is 0 Å². The van der Waals surface area contributed by atoms with E-state index in [2.05, 4.69) is 6.92 Å². The van der Waals surface area contributed by atoms with Crippen LogP contribution in [0.15, 0.2) is 11.6 Å². The van der Waals surface area contributed by atoms with E-state index in [1.807, 2.05) is 6.92 Å². The molecule has 0 saturated carbocycles. The predicted octanol–water partition coefficient (Wildman–Crippen LogP) is 3.88. The Hall–Kier alpha value is -0.590. The molecule has 0 fully saturated rings. The Morgan fingerprint density at radius 3 is 2.23 bits per heavy atom. The molecule has 0 aliphatic carbocycles. The SMILES string of the molecule is CCCCCCC/C(C)=C\C(C)=O. The molecule has 0 aromatic heterocycles. The number of carbonyl (C=O) groups excluding carboxylic acids is 1. The van der Waals surface area contributed by atoms with Crippen LogP contribution in [0, 0.1) is 0 Å². The molecule has 0 aliphatic rings. The molecule has 0 aromatic carbocycles. The molecule has 0 N–H and O–H groups in total. The van der Waals surface area contributed by atoms with Crippen molar-refractivity contribution in [2.45, 2.75) is 59.3 Å². The molecule has 0 atom stereocenters. The Labute approximate surface area is 82.2 Å². The minimum atomic E-state index is 0.172. The molecule has 0 aromatic rings. The fourth-order valence-electron chi connectivity index (χ4n) is 1.43. The van der Waals surface area contributed by atoms with Gasteiger partial charge in [-0.2, -0.15) is 0 Å². The van der Waals surface area contributed by atoms with Gasteiger partial charge < -0.3 is 0 Å². The van der Waals surface area contributed by atoms with E-state index in [1.165, 1.54) is 37.7 Å². The molecule has 1 nitrogen and oxygen atoms in total. The maximum atomic E-state index is 10.7. The summed E-state index contributed by atoms with van der Waals surface area (Å²) in [6, 6.07) is 0. The molecule has 1 heteroatoms. The van der Waals surface area contributed by atoms with Gasteiger partial charge in [0, 0.05) is 0 Å². The van der Waals surface area contributed by atoms with Gasteiger partial charge in [0.15, 0.2) is 5.78 Å². The molecule has 0 radical (unpaired) electrons. The first-order valence-electron chi connectivity index (χ1n) is 5.34. The standard InChI is InChI=1S/C12H22O/c1-4-5-6-7-8-9-11(2)10-12(3)13/h10H,4-9H2,1-3H3/b11-10-. The molecule has 0 saturated heterocycles. The highest BCUT2D eigenvalue weighted by atomic mass is 16.1. The highest BCUT2D eigenvalue weighted by Gasteiger charge is 1.93. The van der Waals surface area contributed by atoms with Crippen molar-refractivity contribution in [1.29, 1.82) is 0 Å². The Bertz CT molecular complexity index is 168. The molecule has 0 bridgehead atoms. The van der Waals surface area contributed by atoms with E-state index in [-0.39, 0.29) is 5.78 Å². The van der Waals surface area contributed by atoms with Gasteiger partial charge in [-0.05, 0) is 32.8 Å². The topological polar surface area (TPSA) is 17.1 Å². The lowest BCUT2D eigenvalue weighted by Gasteiger charge is -2.00. The molecular weight excluding hydrogens is 160 g/mol. The first kappa shape index (κ1) is 12.4. The fourth-order valence-corrected chi connectivity index (χ4v) is 1.43. The second-order valence-electron chi connectivity index (χ2n) is 3.77. The van der Waals surface area contributed by atoms with Gasteiger partial charge in [0.1, 0.15) is 0 Å². The zero-order valence-electron chi connectivity index (χ0n) is 9.23. The average Bonchev–Trinajstić information content (AvgIpc) is 2.02. The van der Waals surface area contributed by atoms with Crippen molar-refractivity contribution in [3.05, 3.63) is 11.6 Å². The van der Waals surface area contributed by atoms with Gasteiger partial charge in [0.25, 0.3) is 0 Å². The molecule has 76 valence electrons. The lowest BCUT2D eigenvalue weighted by molar-refractivity contribution is -0.112. The van der Waals surface area contributed by atoms with Crippen LogP contribution in [0.5, 0.6) is 0 Å². The number of carbonyl (C=O) groups is 1. The van der Waals surface area contributed by atoms with E-state index in [0.717, 1.165) is 6.42 Å². The van der Waals surface area contributed by atoms with Crippen molar-refractivity contribution in [3.63, 3.8) is 0 Å². The second kappa shape index (κ2) is 8.03. The van der Waals surface area contributed by atoms with Crippen molar-refractivity contribution in [2.75, 3.05) is 0 Å². The minimum Gasteiger partial charge on any atom is -0.295 e. The van der Waals surface area contributed by atoms with Gasteiger partial charge in [0.05, 0.1) is 0 Å². The van der Waals surface area contributed by atoms with Crippen molar-refractivity contribution in [1.82, 2.24) is 0 Å². The smallest absolute Gasteiger partial charge is 0.152 e. The largest absolute Gasteiger partial charge is 0.295 e. The van der Waals surface area contributed by atoms with Gasteiger partial charge in [0.2, 0.25) is 0 Å². The van der Waals surface area contributed by atoms with Gasteiger partial charge in [-0.25, -0.2) is 0 Å². The molecule has 0 rings (SSSR count). The summed E-state index contributed by atoms with van der Waals surface area (Å²) in [5, 5.41) is 0. The van der Waals surface area contributed by atoms with Gasteiger partial charge >= 0.3 is 0 Å². The third-order valence-electron chi connectivity index (χ3n) is 2.12. The highest BCUT2D eigenvalue weighted by Crippen LogP contribution is 2.10. The summed E-state index contributed by atoms with van der Waals surface area (Å²) in [5.41, 5.74) is 1.23. The number of rotatable bonds is 7. The summed E-state index contributed by atoms with van der Waals surface area (Å²) in [7, 11) is 0. The number of hydrogen-bond donors (Lipinski definition) is 0. The Morgan fingerprint density at radius 2 is 1.69 bits per heavy atom. The molecule has 0 amide bonds. The number of allylic oxidation sites excluding steroid dienone is 2. The van der Waals surface area contributed by atoms with E-state index in [0.29, 0.717) is 0 Å². The Morgan fingerprint density at radius 1 is 1.08 bits per heavy atom. The molecule has 0 spiro atoms. The molecule has 0 aliphatic heterocycles. The van der Waals surface area contributed by atoms with E-state index in [4.69, 9.17) is 0 Å². The normalized spacial score (nSPS) is 11.8. The van der Waals surface area contributed by atoms with Crippen LogP contribution in [0.1, 0.15) is 59.3 Å². The van der Waals surface area contributed by atoms with Gasteiger partial charge in [-0.15, -0.1) is 0 Å². The second-order valence-corrected chi connectivity index (χ2v) is 3.77. The van der Waals surface area contributed by atoms with Crippen LogP contribution in [0.4, 0.5) is 0 Å². The number of ketones is 1. The zero-order valence-corrected chi connectivity index (χ0v) is 9.23. The van der Waals surface area contributed by atoms with E-state index in [9.17, 15) is 4.79 Å². The average molecular weight is 182 g/mol. The maximum Gasteiger partial charge on any atom is 0.152 e. The van der Waals surface area contributed by atoms with Crippen LogP contribution in [0.25, 0.3) is 0 Å². The van der Waals surface area contributed by atoms with Crippen molar-refractivity contribution < 1.29 is 4.79 Å². The third kappa shape index (κ3) is 9.32. The predicted molar refractivity (Wildman–Crippen MR) is 57.8 cm³/mol. The van der Waals surface area contributed by atoms with E-state index >= 15 is 0 Å². The van der Waals surface area contributed by atoms with E-state index < -0.39 is 0 Å². The Kier molecular flexibility index (Phi) is 7.66. The van der Waals surface area contributed by atoms with Crippen LogP contribution in [-0.2, 0) is 4.79 Å². The Balaban J connectivity index is 3.37. The molecular formula is C12H22O. The lowest BCUT2D eigenvalue weighted by atomic mass is 10.1. The molecule has 0 unspecified atom stereocenters. The minimum absolute atomic E-state index is 0.172. The highest BCUT2D eigenvalue weighted by molar-refractivity contribution is 5.87. The van der Waals surface area contributed by atoms with Crippen LogP contribution in [0.3, 0.4) is 0 Å². The summed E-state index contributed by atoms with van der Waals surface area (Å²) in [4.78, 5) is 10.7. The summed E-state index contributed by atoms with van der Waals surface area (Å²) >= 11 is 0. The number of unbranched alkanes of at least 4 members (excludes halogenated alkanes) is 4. The zero-order chi connectivity index (χ0) is 10.1. The maximum absolute atomic E-state index is 10.7. The van der Waals surface area contributed by atoms with Crippen LogP contribution >= 0.6 is 0 Å².